The van der Waals surface area contributed by atoms with Crippen LogP contribution in [0.2, 0.25) is 0 Å². The molecule has 6 aromatic rings. The van der Waals surface area contributed by atoms with Gasteiger partial charge < -0.3 is 29.9 Å². The van der Waals surface area contributed by atoms with Gasteiger partial charge in [-0.05, 0) is 72.8 Å². The highest BCUT2D eigenvalue weighted by atomic mass is 16.5. The Morgan fingerprint density at radius 2 is 0.540 bits per heavy atom. The van der Waals surface area contributed by atoms with Crippen molar-refractivity contribution in [3.05, 3.63) is 144 Å². The van der Waals surface area contributed by atoms with Crippen LogP contribution < -0.4 is 9.47 Å². The summed E-state index contributed by atoms with van der Waals surface area (Å²) in [6, 6.07) is 34.0. The SMILES string of the molecule is Oc1c2cccc1Oc1cccc(c1O)C=Nc1ccccc1N=Cc1cccc(c1O)Oc1cccc(c1O)C=Nc1ccccc1N=C2. The molecule has 50 heavy (non-hydrogen) atoms. The van der Waals surface area contributed by atoms with Crippen molar-refractivity contribution < 1.29 is 29.9 Å². The minimum absolute atomic E-state index is 0.107. The maximum Gasteiger partial charge on any atom is 0.169 e. The summed E-state index contributed by atoms with van der Waals surface area (Å²) in [5.74, 6) is -0.288. The van der Waals surface area contributed by atoms with Crippen molar-refractivity contribution >= 4 is 47.6 Å². The molecule has 0 saturated heterocycles. The molecular formula is C40H28N4O6. The monoisotopic (exact) mass is 660 g/mol. The van der Waals surface area contributed by atoms with Crippen molar-refractivity contribution in [1.29, 1.82) is 0 Å². The number of ether oxygens (including phenoxy) is 2. The molecule has 4 N–H and O–H groups in total. The van der Waals surface area contributed by atoms with E-state index in [4.69, 9.17) is 9.47 Å². The van der Waals surface area contributed by atoms with Gasteiger partial charge in [-0.25, -0.2) is 0 Å². The van der Waals surface area contributed by atoms with E-state index in [0.29, 0.717) is 45.0 Å². The number of hydrogen-bond donors (Lipinski definition) is 4. The molecule has 7 rings (SSSR count). The van der Waals surface area contributed by atoms with E-state index in [9.17, 15) is 20.4 Å². The van der Waals surface area contributed by atoms with Gasteiger partial charge >= 0.3 is 0 Å². The number of rotatable bonds is 0. The number of hydrogen-bond acceptors (Lipinski definition) is 10. The quantitative estimate of drug-likeness (QED) is 0.127. The van der Waals surface area contributed by atoms with Gasteiger partial charge in [0.15, 0.2) is 46.0 Å². The fourth-order valence-corrected chi connectivity index (χ4v) is 5.06. The summed E-state index contributed by atoms with van der Waals surface area (Å²) in [7, 11) is 0. The van der Waals surface area contributed by atoms with Gasteiger partial charge in [-0.2, -0.15) is 0 Å². The number of phenolic OH excluding ortho intramolecular Hbond substituents is 4. The Morgan fingerprint density at radius 1 is 0.300 bits per heavy atom. The smallest absolute Gasteiger partial charge is 0.169 e. The zero-order valence-corrected chi connectivity index (χ0v) is 26.3. The molecule has 0 unspecified atom stereocenters. The van der Waals surface area contributed by atoms with Gasteiger partial charge in [0.25, 0.3) is 0 Å². The van der Waals surface area contributed by atoms with Crippen LogP contribution in [0.5, 0.6) is 46.0 Å². The summed E-state index contributed by atoms with van der Waals surface area (Å²) in [6.45, 7) is 0. The standard InChI is InChI=1S/C40H28N4O6/c45-37-25-9-5-17-33(37)49-35-19-7-11-27(39(35)47)23-43-31-15-3-4-16-32(31)44-24-28-12-8-20-36(40(28)48)50-34-18-6-10-26(38(34)46)22-42-30-14-2-1-13-29(30)41-21-25/h1-24,45-48H. The van der Waals surface area contributed by atoms with E-state index in [1.165, 1.54) is 24.9 Å². The molecule has 1 aliphatic rings. The van der Waals surface area contributed by atoms with Gasteiger partial charge in [0.2, 0.25) is 0 Å². The van der Waals surface area contributed by atoms with Gasteiger partial charge in [-0.3, -0.25) is 20.0 Å². The second kappa shape index (κ2) is 13.9. The summed E-state index contributed by atoms with van der Waals surface area (Å²) in [6.07, 6.45) is 5.93. The number of fused-ring (bicyclic) bond motifs is 10. The van der Waals surface area contributed by atoms with E-state index in [-0.39, 0.29) is 46.0 Å². The third kappa shape index (κ3) is 6.62. The first kappa shape index (κ1) is 31.4. The summed E-state index contributed by atoms with van der Waals surface area (Å²) >= 11 is 0. The average molecular weight is 661 g/mol. The fourth-order valence-electron chi connectivity index (χ4n) is 5.06. The first-order valence-corrected chi connectivity index (χ1v) is 15.4. The van der Waals surface area contributed by atoms with E-state index >= 15 is 0 Å². The van der Waals surface area contributed by atoms with Crippen LogP contribution >= 0.6 is 0 Å². The molecule has 1 aliphatic heterocycles. The van der Waals surface area contributed by atoms with Crippen LogP contribution in [0, 0.1) is 0 Å². The van der Waals surface area contributed by atoms with Crippen molar-refractivity contribution in [2.75, 3.05) is 0 Å². The number of aromatic hydroxyl groups is 4. The highest BCUT2D eigenvalue weighted by molar-refractivity contribution is 5.92. The van der Waals surface area contributed by atoms with Crippen LogP contribution in [0.4, 0.5) is 22.7 Å². The van der Waals surface area contributed by atoms with Crippen LogP contribution in [0.25, 0.3) is 0 Å². The number of para-hydroxylation sites is 8. The zero-order valence-electron chi connectivity index (χ0n) is 26.3. The summed E-state index contributed by atoms with van der Waals surface area (Å²) < 4.78 is 11.9. The predicted molar refractivity (Wildman–Crippen MR) is 194 cm³/mol. The van der Waals surface area contributed by atoms with Gasteiger partial charge in [0, 0.05) is 47.1 Å². The fraction of sp³-hybridized carbons (Fsp3) is 0. The zero-order chi connectivity index (χ0) is 34.5. The van der Waals surface area contributed by atoms with Crippen LogP contribution in [-0.2, 0) is 0 Å². The molecule has 0 aliphatic carbocycles. The van der Waals surface area contributed by atoms with E-state index in [0.717, 1.165) is 0 Å². The van der Waals surface area contributed by atoms with Crippen LogP contribution in [0.15, 0.2) is 141 Å². The van der Waals surface area contributed by atoms with Gasteiger partial charge in [-0.1, -0.05) is 48.5 Å². The van der Waals surface area contributed by atoms with Crippen LogP contribution in [-0.4, -0.2) is 45.3 Å². The Balaban J connectivity index is 1.34. The molecule has 0 saturated carbocycles. The molecule has 0 spiro atoms. The lowest BCUT2D eigenvalue weighted by Gasteiger charge is -2.12. The predicted octanol–water partition coefficient (Wildman–Crippen LogP) is 9.41. The van der Waals surface area contributed by atoms with E-state index in [1.807, 2.05) is 0 Å². The molecule has 1 heterocycles. The molecule has 244 valence electrons. The Hall–Kier alpha value is -7.20. The minimum atomic E-state index is -0.179. The maximum absolute atomic E-state index is 11.1. The molecule has 0 radical (unpaired) electrons. The lowest BCUT2D eigenvalue weighted by Crippen LogP contribution is -1.92. The van der Waals surface area contributed by atoms with Gasteiger partial charge in [-0.15, -0.1) is 0 Å². The molecule has 0 amide bonds. The van der Waals surface area contributed by atoms with Crippen molar-refractivity contribution in [2.45, 2.75) is 0 Å². The van der Waals surface area contributed by atoms with Gasteiger partial charge in [0.05, 0.1) is 22.7 Å². The first-order valence-electron chi connectivity index (χ1n) is 15.4. The lowest BCUT2D eigenvalue weighted by molar-refractivity contribution is 0.384. The molecular weight excluding hydrogens is 632 g/mol. The number of phenols is 4. The largest absolute Gasteiger partial charge is 0.504 e. The van der Waals surface area contributed by atoms with Crippen LogP contribution in [0.1, 0.15) is 22.3 Å². The number of aliphatic imine (C=N–C) groups is 4. The Labute approximate surface area is 286 Å². The van der Waals surface area contributed by atoms with Crippen molar-refractivity contribution in [1.82, 2.24) is 0 Å². The normalized spacial score (nSPS) is 12.3. The number of nitrogens with zero attached hydrogens (tertiary/aromatic N) is 4. The topological polar surface area (TPSA) is 149 Å². The lowest BCUT2D eigenvalue weighted by atomic mass is 10.1. The Morgan fingerprint density at radius 3 is 0.780 bits per heavy atom. The summed E-state index contributed by atoms with van der Waals surface area (Å²) in [4.78, 5) is 18.2. The van der Waals surface area contributed by atoms with Crippen molar-refractivity contribution in [3.63, 3.8) is 0 Å². The maximum atomic E-state index is 11.1. The molecule has 6 aromatic carbocycles. The Bertz CT molecular complexity index is 2020. The highest BCUT2D eigenvalue weighted by Gasteiger charge is 2.15. The van der Waals surface area contributed by atoms with Crippen molar-refractivity contribution in [2.24, 2.45) is 20.0 Å². The van der Waals surface area contributed by atoms with E-state index < -0.39 is 0 Å². The second-order valence-corrected chi connectivity index (χ2v) is 11.0. The molecule has 0 fully saturated rings. The molecule has 0 atom stereocenters. The summed E-state index contributed by atoms with van der Waals surface area (Å²) in [5.41, 5.74) is 3.46. The molecule has 10 nitrogen and oxygen atoms in total. The third-order valence-electron chi connectivity index (χ3n) is 7.70. The number of benzene rings is 6. The second-order valence-electron chi connectivity index (χ2n) is 11.0. The van der Waals surface area contributed by atoms with Gasteiger partial charge in [0.1, 0.15) is 0 Å². The minimum Gasteiger partial charge on any atom is -0.504 e. The first-order chi connectivity index (χ1) is 24.4. The molecule has 8 bridgehead atoms. The van der Waals surface area contributed by atoms with E-state index in [1.54, 1.807) is 121 Å². The molecule has 10 heteroatoms. The van der Waals surface area contributed by atoms with Crippen molar-refractivity contribution in [3.8, 4) is 46.0 Å². The molecule has 0 aromatic heterocycles. The van der Waals surface area contributed by atoms with E-state index in [2.05, 4.69) is 20.0 Å². The summed E-state index contributed by atoms with van der Waals surface area (Å²) in [5, 5.41) is 44.4. The van der Waals surface area contributed by atoms with Crippen LogP contribution in [0.3, 0.4) is 0 Å². The average Bonchev–Trinajstić information content (AvgIpc) is 3.13. The Kier molecular flexibility index (Phi) is 8.72. The third-order valence-corrected chi connectivity index (χ3v) is 7.70. The highest BCUT2D eigenvalue weighted by Crippen LogP contribution is 2.40.